The van der Waals surface area contributed by atoms with Crippen LogP contribution >= 0.6 is 23.2 Å². The molecule has 5 atom stereocenters. The van der Waals surface area contributed by atoms with E-state index in [4.69, 9.17) is 42.1 Å². The zero-order chi connectivity index (χ0) is 58.3. The summed E-state index contributed by atoms with van der Waals surface area (Å²) in [5.41, 5.74) is -0.385. The number of methoxy groups -OCH3 is 3. The van der Waals surface area contributed by atoms with Crippen molar-refractivity contribution >= 4 is 75.7 Å². The lowest BCUT2D eigenvalue weighted by Gasteiger charge is -2.37. The van der Waals surface area contributed by atoms with Crippen molar-refractivity contribution in [2.75, 3.05) is 46.3 Å². The van der Waals surface area contributed by atoms with Gasteiger partial charge >= 0.3 is 0 Å². The molecule has 81 heavy (non-hydrogen) atoms. The number of azo groups is 1. The molecule has 3 aliphatic heterocycles. The van der Waals surface area contributed by atoms with Crippen molar-refractivity contribution in [1.29, 1.82) is 5.26 Å². The van der Waals surface area contributed by atoms with Crippen molar-refractivity contribution in [1.82, 2.24) is 26.2 Å². The van der Waals surface area contributed by atoms with Crippen LogP contribution in [0.3, 0.4) is 0 Å². The lowest BCUT2D eigenvalue weighted by Crippen LogP contribution is -2.52. The Bertz CT molecular complexity index is 3350. The van der Waals surface area contributed by atoms with Crippen LogP contribution in [-0.2, 0) is 31.1 Å². The van der Waals surface area contributed by atoms with Gasteiger partial charge in [0.1, 0.15) is 28.8 Å². The standard InChI is InChI=1S/C58H59Cl2F2N9O10/c1-57(2,3)27-46-58(30-63,37-17-16-32(59)24-39(37)61)49(35-12-9-13-38(60)50(35)62)51(67-46)55(76)66-41-18-15-31(23-43(41)78-4)53(74)65-22-8-7-21-64-48(73)29-81-52-44(79-5)25-33(26-45(52)80-6)69-70-40-14-10-11-34-36(40)28-71(56(34)77)42-19-20-47(72)68-54(42)75/h9-18,23-26,42,46,49,51,67H,7-8,19-22,27-29H2,1-6H3,(H,64,73)(H,65,74)(H,66,76)(H,68,72,75)/t42?,46-,49-,51+,58-/m0/s1. The molecule has 0 aliphatic carbocycles. The second-order valence-corrected chi connectivity index (χ2v) is 21.6. The average molecular weight is 1150 g/mol. The second kappa shape index (κ2) is 25.1. The number of rotatable bonds is 20. The Kier molecular flexibility index (Phi) is 18.3. The summed E-state index contributed by atoms with van der Waals surface area (Å²) in [6.45, 7) is 6.03. The van der Waals surface area contributed by atoms with Crippen LogP contribution in [0.5, 0.6) is 23.0 Å². The van der Waals surface area contributed by atoms with Gasteiger partial charge in [-0.25, -0.2) is 8.78 Å². The van der Waals surface area contributed by atoms with E-state index in [-0.39, 0.29) is 106 Å². The minimum absolute atomic E-state index is 0.0664. The first-order chi connectivity index (χ1) is 38.7. The van der Waals surface area contributed by atoms with Gasteiger partial charge in [0.2, 0.25) is 23.5 Å². The van der Waals surface area contributed by atoms with Crippen molar-refractivity contribution in [2.45, 2.75) is 88.9 Å². The van der Waals surface area contributed by atoms with Crippen LogP contribution in [-0.4, -0.2) is 99.5 Å². The highest BCUT2D eigenvalue weighted by Crippen LogP contribution is 2.53. The molecule has 5 aromatic carbocycles. The summed E-state index contributed by atoms with van der Waals surface area (Å²) >= 11 is 12.5. The Morgan fingerprint density at radius 2 is 1.58 bits per heavy atom. The van der Waals surface area contributed by atoms with Gasteiger partial charge in [-0.1, -0.05) is 68.2 Å². The van der Waals surface area contributed by atoms with Crippen LogP contribution in [0.4, 0.5) is 25.8 Å². The smallest absolute Gasteiger partial charge is 0.257 e. The highest BCUT2D eigenvalue weighted by molar-refractivity contribution is 6.31. The molecule has 19 nitrogen and oxygen atoms in total. The summed E-state index contributed by atoms with van der Waals surface area (Å²) in [5, 5.41) is 33.8. The highest BCUT2D eigenvalue weighted by atomic mass is 35.5. The van der Waals surface area contributed by atoms with Crippen LogP contribution in [0, 0.1) is 28.4 Å². The fourth-order valence-electron chi connectivity index (χ4n) is 10.5. The molecule has 3 heterocycles. The first-order valence-corrected chi connectivity index (χ1v) is 26.6. The maximum Gasteiger partial charge on any atom is 0.257 e. The maximum absolute atomic E-state index is 16.2. The van der Waals surface area contributed by atoms with E-state index in [2.05, 4.69) is 42.9 Å². The predicted octanol–water partition coefficient (Wildman–Crippen LogP) is 9.14. The number of hydrogen-bond donors (Lipinski definition) is 5. The molecule has 6 amide bonds. The SMILES string of the molecule is COc1cc(C(=O)NCCCCNC(=O)COc2c(OC)cc(N=Nc3cccc4c3CN(C3CCC(=O)NC3=O)C4=O)cc2OC)ccc1NC(=O)[C@@H]1N[C@@H](CC(C)(C)C)[C@](C#N)(c2ccc(Cl)cc2F)[C@H]1c1cccc(Cl)c1F. The lowest BCUT2D eigenvalue weighted by atomic mass is 9.62. The number of fused-ring (bicyclic) bond motifs is 1. The van der Waals surface area contributed by atoms with E-state index in [1.54, 1.807) is 18.2 Å². The van der Waals surface area contributed by atoms with Gasteiger partial charge in [0.15, 0.2) is 18.1 Å². The molecule has 3 aliphatic rings. The number of piperidine rings is 1. The molecule has 2 saturated heterocycles. The van der Waals surface area contributed by atoms with E-state index in [0.29, 0.717) is 35.3 Å². The molecule has 5 N–H and O–H groups in total. The fraction of sp³-hybridized carbons (Fsp3) is 0.362. The minimum Gasteiger partial charge on any atom is -0.495 e. The summed E-state index contributed by atoms with van der Waals surface area (Å²) < 4.78 is 54.9. The topological polar surface area (TPSA) is 251 Å². The third-order valence-electron chi connectivity index (χ3n) is 14.3. The number of unbranched alkanes of at least 4 members (excludes halogenated alkanes) is 1. The third kappa shape index (κ3) is 12.7. The number of benzene rings is 5. The normalized spacial score (nSPS) is 19.6. The zero-order valence-corrected chi connectivity index (χ0v) is 46.7. The van der Waals surface area contributed by atoms with Crippen LogP contribution < -0.4 is 45.5 Å². The number of hydrogen-bond acceptors (Lipinski definition) is 14. The number of ether oxygens (including phenoxy) is 4. The number of halogens is 4. The Labute approximate surface area is 476 Å². The summed E-state index contributed by atoms with van der Waals surface area (Å²) in [7, 11) is 4.17. The van der Waals surface area contributed by atoms with Crippen molar-refractivity contribution in [3.05, 3.63) is 134 Å². The van der Waals surface area contributed by atoms with Crippen LogP contribution in [0.2, 0.25) is 10.0 Å². The Morgan fingerprint density at radius 3 is 2.25 bits per heavy atom. The van der Waals surface area contributed by atoms with Gasteiger partial charge in [0, 0.05) is 77.4 Å². The molecular weight excluding hydrogens is 1090 g/mol. The number of imide groups is 1. The highest BCUT2D eigenvalue weighted by Gasteiger charge is 2.61. The fourth-order valence-corrected chi connectivity index (χ4v) is 10.9. The maximum atomic E-state index is 16.2. The molecule has 23 heteroatoms. The van der Waals surface area contributed by atoms with Crippen LogP contribution in [0.1, 0.15) is 96.2 Å². The van der Waals surface area contributed by atoms with E-state index in [0.717, 1.165) is 6.07 Å². The largest absolute Gasteiger partial charge is 0.495 e. The number of nitriles is 1. The quantitative estimate of drug-likeness (QED) is 0.0278. The molecule has 0 aromatic heterocycles. The molecule has 1 unspecified atom stereocenters. The van der Waals surface area contributed by atoms with Crippen LogP contribution in [0.25, 0.3) is 0 Å². The van der Waals surface area contributed by atoms with Crippen molar-refractivity contribution < 1.29 is 56.5 Å². The van der Waals surface area contributed by atoms with Crippen molar-refractivity contribution in [2.24, 2.45) is 15.6 Å². The number of nitrogens with one attached hydrogen (secondary N) is 5. The van der Waals surface area contributed by atoms with Gasteiger partial charge in [-0.05, 0) is 85.2 Å². The summed E-state index contributed by atoms with van der Waals surface area (Å²) in [5.74, 6) is -5.12. The first-order valence-electron chi connectivity index (χ1n) is 25.9. The lowest BCUT2D eigenvalue weighted by molar-refractivity contribution is -0.137. The minimum atomic E-state index is -1.84. The molecule has 0 saturated carbocycles. The molecule has 8 rings (SSSR count). The van der Waals surface area contributed by atoms with Gasteiger partial charge in [-0.2, -0.15) is 15.5 Å². The summed E-state index contributed by atoms with van der Waals surface area (Å²) in [6.07, 6.45) is 1.59. The van der Waals surface area contributed by atoms with Crippen molar-refractivity contribution in [3.8, 4) is 29.1 Å². The van der Waals surface area contributed by atoms with Gasteiger partial charge in [-0.3, -0.25) is 34.1 Å². The van der Waals surface area contributed by atoms with E-state index < -0.39 is 76.7 Å². The Hall–Kier alpha value is -8.19. The molecule has 0 spiro atoms. The molecule has 0 radical (unpaired) electrons. The Balaban J connectivity index is 0.846. The van der Waals surface area contributed by atoms with Gasteiger partial charge in [0.25, 0.3) is 17.7 Å². The molecule has 5 aromatic rings. The molecule has 0 bridgehead atoms. The third-order valence-corrected chi connectivity index (χ3v) is 14.8. The number of amides is 6. The zero-order valence-electron chi connectivity index (χ0n) is 45.1. The molecule has 2 fully saturated rings. The first kappa shape index (κ1) is 58.9. The number of anilines is 1. The predicted molar refractivity (Wildman–Crippen MR) is 296 cm³/mol. The summed E-state index contributed by atoms with van der Waals surface area (Å²) in [6, 6.07) is 20.0. The van der Waals surface area contributed by atoms with Gasteiger partial charge < -0.3 is 45.1 Å². The van der Waals surface area contributed by atoms with Crippen LogP contribution in [0.15, 0.2) is 95.2 Å². The van der Waals surface area contributed by atoms with Gasteiger partial charge in [0.05, 0.1) is 55.5 Å². The van der Waals surface area contributed by atoms with E-state index in [9.17, 15) is 34.0 Å². The Morgan fingerprint density at radius 1 is 0.877 bits per heavy atom. The van der Waals surface area contributed by atoms with Gasteiger partial charge in [-0.15, -0.1) is 0 Å². The average Bonchev–Trinajstić information content (AvgIpc) is 3.78. The number of carbonyl (C=O) groups excluding carboxylic acids is 6. The summed E-state index contributed by atoms with van der Waals surface area (Å²) in [4.78, 5) is 79.8. The van der Waals surface area contributed by atoms with Crippen molar-refractivity contribution in [3.63, 3.8) is 0 Å². The number of carbonyl (C=O) groups is 6. The van der Waals surface area contributed by atoms with E-state index in [1.165, 1.54) is 86.9 Å². The van der Waals surface area contributed by atoms with E-state index >= 15 is 8.78 Å². The molecular formula is C58H59Cl2F2N9O10. The second-order valence-electron chi connectivity index (χ2n) is 20.8. The van der Waals surface area contributed by atoms with E-state index in [1.807, 2.05) is 20.8 Å². The number of nitrogens with zero attached hydrogens (tertiary/aromatic N) is 4. The molecule has 424 valence electrons. The monoisotopic (exact) mass is 1150 g/mol.